The molecule has 1 aliphatic rings. The zero-order valence-corrected chi connectivity index (χ0v) is 18.3. The lowest BCUT2D eigenvalue weighted by molar-refractivity contribution is 0.0981. The van der Waals surface area contributed by atoms with Crippen LogP contribution in [0.15, 0.2) is 24.4 Å². The number of alkyl carbamates (subject to hydrolysis) is 1. The van der Waals surface area contributed by atoms with Gasteiger partial charge in [-0.25, -0.2) is 9.78 Å². The minimum absolute atomic E-state index is 0.0667. The van der Waals surface area contributed by atoms with Crippen molar-refractivity contribution < 1.29 is 14.1 Å². The van der Waals surface area contributed by atoms with E-state index in [0.29, 0.717) is 17.8 Å². The molecule has 3 rings (SSSR count). The minimum atomic E-state index is -2.11. The van der Waals surface area contributed by atoms with Gasteiger partial charge in [0.2, 0.25) is 0 Å². The van der Waals surface area contributed by atoms with E-state index in [0.717, 1.165) is 30.5 Å². The van der Waals surface area contributed by atoms with E-state index in [-0.39, 0.29) is 24.2 Å². The van der Waals surface area contributed by atoms with Crippen molar-refractivity contribution in [2.24, 2.45) is 0 Å². The molecule has 2 heterocycles. The molecule has 0 bridgehead atoms. The maximum Gasteiger partial charge on any atom is 0.407 e. The molecule has 0 saturated heterocycles. The Hall–Kier alpha value is -2.34. The van der Waals surface area contributed by atoms with Crippen LogP contribution in [0.1, 0.15) is 50.3 Å². The maximum atomic E-state index is 11.9. The van der Waals surface area contributed by atoms with Gasteiger partial charge in [0.25, 0.3) is 0 Å². The number of carbonyl (C=O) groups excluding carboxylic acids is 1. The molecule has 2 unspecified atom stereocenters. The van der Waals surface area contributed by atoms with Crippen LogP contribution in [0, 0.1) is 0 Å². The van der Waals surface area contributed by atoms with Gasteiger partial charge < -0.3 is 19.9 Å². The highest BCUT2D eigenvalue weighted by molar-refractivity contribution is 7.61. The second kappa shape index (κ2) is 8.99. The summed E-state index contributed by atoms with van der Waals surface area (Å²) < 4.78 is 17.4. The molecule has 1 amide bonds. The van der Waals surface area contributed by atoms with Gasteiger partial charge in [0, 0.05) is 36.1 Å². The standard InChI is InChI=1S/C20H30N5O3P/c1-13(2)22-20(26)28-16-7-6-15(9-16)17-10-19(25-24-17)23-18-8-5-14(11-21-18)12-29(3,4)27/h5,8,10-11,13,15-16H,6-7,9,12H2,1-4H3,(H,22,26)(H2,21,23,24,25). The molecule has 1 fully saturated rings. The summed E-state index contributed by atoms with van der Waals surface area (Å²) in [7, 11) is -2.11. The number of hydrogen-bond acceptors (Lipinski definition) is 6. The van der Waals surface area contributed by atoms with Gasteiger partial charge in [0.05, 0.1) is 7.14 Å². The van der Waals surface area contributed by atoms with Crippen molar-refractivity contribution in [3.05, 3.63) is 35.7 Å². The van der Waals surface area contributed by atoms with Crippen LogP contribution in [0.4, 0.5) is 16.4 Å². The number of H-pyrrole nitrogens is 1. The fourth-order valence-electron chi connectivity index (χ4n) is 3.52. The van der Waals surface area contributed by atoms with Crippen LogP contribution in [0.3, 0.4) is 0 Å². The first-order chi connectivity index (χ1) is 13.7. The smallest absolute Gasteiger partial charge is 0.407 e. The number of aromatic nitrogens is 3. The number of nitrogens with one attached hydrogen (secondary N) is 3. The molecule has 0 aromatic carbocycles. The number of nitrogens with zero attached hydrogens (tertiary/aromatic N) is 2. The van der Waals surface area contributed by atoms with E-state index in [1.807, 2.05) is 32.0 Å². The molecule has 2 atom stereocenters. The Morgan fingerprint density at radius 1 is 1.31 bits per heavy atom. The highest BCUT2D eigenvalue weighted by Crippen LogP contribution is 2.40. The number of amides is 1. The van der Waals surface area contributed by atoms with Crippen LogP contribution in [0.2, 0.25) is 0 Å². The van der Waals surface area contributed by atoms with Crippen molar-refractivity contribution in [1.82, 2.24) is 20.5 Å². The van der Waals surface area contributed by atoms with Crippen LogP contribution in [0.5, 0.6) is 0 Å². The Bertz CT molecular complexity index is 874. The summed E-state index contributed by atoms with van der Waals surface area (Å²) in [5.74, 6) is 1.67. The SMILES string of the molecule is CC(C)NC(=O)OC1CCC(c2cc(Nc3ccc(CP(C)(C)=O)cn3)n[nH]2)C1. The number of pyridine rings is 1. The number of hydrogen-bond donors (Lipinski definition) is 3. The van der Waals surface area contributed by atoms with Gasteiger partial charge in [-0.05, 0) is 58.1 Å². The molecule has 0 radical (unpaired) electrons. The number of rotatable bonds is 7. The molecule has 2 aromatic heterocycles. The van der Waals surface area contributed by atoms with Crippen molar-refractivity contribution in [3.63, 3.8) is 0 Å². The first-order valence-electron chi connectivity index (χ1n) is 9.96. The van der Waals surface area contributed by atoms with Gasteiger partial charge >= 0.3 is 6.09 Å². The Balaban J connectivity index is 1.53. The van der Waals surface area contributed by atoms with E-state index in [1.54, 1.807) is 19.5 Å². The summed E-state index contributed by atoms with van der Waals surface area (Å²) in [5, 5.41) is 13.3. The fraction of sp³-hybridized carbons (Fsp3) is 0.550. The molecule has 0 spiro atoms. The van der Waals surface area contributed by atoms with Crippen LogP contribution in [0.25, 0.3) is 0 Å². The van der Waals surface area contributed by atoms with Gasteiger partial charge in [-0.3, -0.25) is 5.10 Å². The van der Waals surface area contributed by atoms with Gasteiger partial charge in [-0.15, -0.1) is 0 Å². The largest absolute Gasteiger partial charge is 0.446 e. The molecule has 158 valence electrons. The molecule has 8 nitrogen and oxygen atoms in total. The highest BCUT2D eigenvalue weighted by Gasteiger charge is 2.30. The van der Waals surface area contributed by atoms with Crippen LogP contribution in [-0.4, -0.2) is 46.8 Å². The normalized spacial score (nSPS) is 19.3. The summed E-state index contributed by atoms with van der Waals surface area (Å²) in [6.45, 7) is 7.37. The quantitative estimate of drug-likeness (QED) is 0.573. The molecule has 1 saturated carbocycles. The Labute approximate surface area is 171 Å². The second-order valence-corrected chi connectivity index (χ2v) is 11.9. The third-order valence-corrected chi connectivity index (χ3v) is 5.87. The molecular formula is C20H30N5O3P. The molecule has 2 aromatic rings. The van der Waals surface area contributed by atoms with E-state index in [1.165, 1.54) is 0 Å². The number of carbonyl (C=O) groups is 1. The molecule has 1 aliphatic carbocycles. The third-order valence-electron chi connectivity index (χ3n) is 4.75. The number of ether oxygens (including phenoxy) is 1. The summed E-state index contributed by atoms with van der Waals surface area (Å²) in [4.78, 5) is 16.2. The molecule has 0 aliphatic heterocycles. The number of anilines is 2. The van der Waals surface area contributed by atoms with Gasteiger partial charge in [-0.2, -0.15) is 5.10 Å². The van der Waals surface area contributed by atoms with Gasteiger partial charge in [-0.1, -0.05) is 6.07 Å². The van der Waals surface area contributed by atoms with Crippen molar-refractivity contribution in [2.75, 3.05) is 18.6 Å². The topological polar surface area (TPSA) is 109 Å². The van der Waals surface area contributed by atoms with Crippen LogP contribution in [-0.2, 0) is 15.5 Å². The van der Waals surface area contributed by atoms with Gasteiger partial charge in [0.1, 0.15) is 11.9 Å². The van der Waals surface area contributed by atoms with Gasteiger partial charge in [0.15, 0.2) is 5.82 Å². The fourth-order valence-corrected chi connectivity index (χ4v) is 4.59. The second-order valence-electron chi connectivity index (χ2n) is 8.45. The van der Waals surface area contributed by atoms with Crippen molar-refractivity contribution in [1.29, 1.82) is 0 Å². The van der Waals surface area contributed by atoms with E-state index >= 15 is 0 Å². The maximum absolute atomic E-state index is 11.9. The summed E-state index contributed by atoms with van der Waals surface area (Å²) in [6, 6.07) is 5.84. The lowest BCUT2D eigenvalue weighted by Gasteiger charge is -2.14. The van der Waals surface area contributed by atoms with Crippen molar-refractivity contribution in [3.8, 4) is 0 Å². The molecule has 9 heteroatoms. The van der Waals surface area contributed by atoms with Crippen molar-refractivity contribution >= 4 is 24.9 Å². The van der Waals surface area contributed by atoms with Crippen LogP contribution >= 0.6 is 7.14 Å². The Kier molecular flexibility index (Phi) is 6.63. The Morgan fingerprint density at radius 2 is 2.10 bits per heavy atom. The number of aromatic amines is 1. The lowest BCUT2D eigenvalue weighted by Crippen LogP contribution is -2.33. The monoisotopic (exact) mass is 419 g/mol. The van der Waals surface area contributed by atoms with E-state index in [2.05, 4.69) is 25.8 Å². The third kappa shape index (κ3) is 6.60. The minimum Gasteiger partial charge on any atom is -0.446 e. The van der Waals surface area contributed by atoms with E-state index in [9.17, 15) is 9.36 Å². The molecule has 3 N–H and O–H groups in total. The first kappa shape index (κ1) is 21.4. The van der Waals surface area contributed by atoms with E-state index in [4.69, 9.17) is 4.74 Å². The zero-order valence-electron chi connectivity index (χ0n) is 17.4. The highest BCUT2D eigenvalue weighted by atomic mass is 31.2. The first-order valence-corrected chi connectivity index (χ1v) is 12.7. The lowest BCUT2D eigenvalue weighted by atomic mass is 10.0. The predicted molar refractivity (Wildman–Crippen MR) is 114 cm³/mol. The predicted octanol–water partition coefficient (Wildman–Crippen LogP) is 4.44. The summed E-state index contributed by atoms with van der Waals surface area (Å²) in [6.07, 6.45) is 4.45. The van der Waals surface area contributed by atoms with Crippen LogP contribution < -0.4 is 10.6 Å². The zero-order chi connectivity index (χ0) is 21.0. The molecular weight excluding hydrogens is 389 g/mol. The average molecular weight is 419 g/mol. The Morgan fingerprint density at radius 3 is 2.76 bits per heavy atom. The van der Waals surface area contributed by atoms with E-state index < -0.39 is 7.14 Å². The summed E-state index contributed by atoms with van der Waals surface area (Å²) in [5.41, 5.74) is 1.99. The molecule has 29 heavy (non-hydrogen) atoms. The summed E-state index contributed by atoms with van der Waals surface area (Å²) >= 11 is 0. The average Bonchev–Trinajstić information content (AvgIpc) is 3.24. The van der Waals surface area contributed by atoms with Crippen molar-refractivity contribution in [2.45, 2.75) is 57.3 Å².